The molecule has 6 nitrogen and oxygen atoms in total. The quantitative estimate of drug-likeness (QED) is 0.521. The van der Waals surface area contributed by atoms with Gasteiger partial charge in [0, 0.05) is 36.5 Å². The lowest BCUT2D eigenvalue weighted by Gasteiger charge is -2.31. The standard InChI is InChI=1S/C21H22F4N2O4S/c1-21(29)6-2-3-8-27(9-7-21)32(30,31)18-10-13(4-5-15(18)22)20(28)26-14-11-16(23)19(25)17(24)12-14/h4-5,10-12,29H,2-3,6-9H2,1H3,(H,26,28). The molecule has 0 bridgehead atoms. The van der Waals surface area contributed by atoms with Gasteiger partial charge in [-0.15, -0.1) is 0 Å². The van der Waals surface area contributed by atoms with Crippen molar-refractivity contribution in [2.45, 2.75) is 43.1 Å². The summed E-state index contributed by atoms with van der Waals surface area (Å²) in [7, 11) is -4.33. The first-order valence-corrected chi connectivity index (χ1v) is 11.3. The number of carbonyl (C=O) groups is 1. The van der Waals surface area contributed by atoms with Gasteiger partial charge in [-0.05, 0) is 50.8 Å². The minimum absolute atomic E-state index is 0.0284. The molecule has 3 rings (SSSR count). The summed E-state index contributed by atoms with van der Waals surface area (Å²) in [6, 6.07) is 3.76. The summed E-state index contributed by atoms with van der Waals surface area (Å²) < 4.78 is 81.5. The number of rotatable bonds is 4. The Kier molecular flexibility index (Phi) is 6.91. The number of carbonyl (C=O) groups excluding carboxylic acids is 1. The lowest BCUT2D eigenvalue weighted by Crippen LogP contribution is -2.39. The monoisotopic (exact) mass is 474 g/mol. The molecule has 1 saturated heterocycles. The second-order valence-corrected chi connectivity index (χ2v) is 9.87. The van der Waals surface area contributed by atoms with Gasteiger partial charge in [-0.2, -0.15) is 4.31 Å². The van der Waals surface area contributed by atoms with Crippen molar-refractivity contribution in [3.8, 4) is 0 Å². The number of halogens is 4. The van der Waals surface area contributed by atoms with E-state index in [9.17, 15) is 35.9 Å². The Bertz CT molecular complexity index is 1120. The highest BCUT2D eigenvalue weighted by Crippen LogP contribution is 2.27. The number of hydrogen-bond donors (Lipinski definition) is 2. The molecule has 1 heterocycles. The molecule has 1 unspecified atom stereocenters. The van der Waals surface area contributed by atoms with Crippen LogP contribution in [0.15, 0.2) is 35.2 Å². The molecule has 174 valence electrons. The first-order chi connectivity index (χ1) is 14.9. The van der Waals surface area contributed by atoms with Gasteiger partial charge in [0.25, 0.3) is 5.91 Å². The highest BCUT2D eigenvalue weighted by Gasteiger charge is 2.32. The van der Waals surface area contributed by atoms with Crippen LogP contribution in [-0.2, 0) is 10.0 Å². The van der Waals surface area contributed by atoms with Gasteiger partial charge >= 0.3 is 0 Å². The van der Waals surface area contributed by atoms with Gasteiger partial charge in [-0.1, -0.05) is 0 Å². The number of nitrogens with one attached hydrogen (secondary N) is 1. The molecule has 0 aromatic heterocycles. The third-order valence-corrected chi connectivity index (χ3v) is 7.24. The van der Waals surface area contributed by atoms with Crippen molar-refractivity contribution < 1.29 is 35.9 Å². The van der Waals surface area contributed by atoms with E-state index in [1.807, 2.05) is 0 Å². The van der Waals surface area contributed by atoms with Crippen molar-refractivity contribution >= 4 is 21.6 Å². The van der Waals surface area contributed by atoms with Crippen molar-refractivity contribution in [1.82, 2.24) is 4.31 Å². The van der Waals surface area contributed by atoms with E-state index in [1.165, 1.54) is 0 Å². The van der Waals surface area contributed by atoms with Gasteiger partial charge in [-0.25, -0.2) is 26.0 Å². The van der Waals surface area contributed by atoms with Gasteiger partial charge < -0.3 is 10.4 Å². The summed E-state index contributed by atoms with van der Waals surface area (Å²) in [6.07, 6.45) is 1.75. The van der Waals surface area contributed by atoms with Gasteiger partial charge in [0.2, 0.25) is 10.0 Å². The van der Waals surface area contributed by atoms with Crippen LogP contribution >= 0.6 is 0 Å². The SMILES string of the molecule is CC1(O)CCCCN(S(=O)(=O)c2cc(C(=O)Nc3cc(F)c(F)c(F)c3)ccc2F)CC1. The topological polar surface area (TPSA) is 86.7 Å². The van der Waals surface area contributed by atoms with Crippen LogP contribution in [0.3, 0.4) is 0 Å². The average molecular weight is 474 g/mol. The van der Waals surface area contributed by atoms with Crippen molar-refractivity contribution in [3.63, 3.8) is 0 Å². The summed E-state index contributed by atoms with van der Waals surface area (Å²) in [6.45, 7) is 1.71. The maximum absolute atomic E-state index is 14.5. The Morgan fingerprint density at radius 2 is 1.66 bits per heavy atom. The van der Waals surface area contributed by atoms with Gasteiger partial charge in [0.1, 0.15) is 10.7 Å². The molecular formula is C21H22F4N2O4S. The molecule has 2 aromatic carbocycles. The maximum Gasteiger partial charge on any atom is 0.255 e. The number of sulfonamides is 1. The zero-order chi connectivity index (χ0) is 23.7. The maximum atomic E-state index is 14.5. The zero-order valence-corrected chi connectivity index (χ0v) is 18.0. The Morgan fingerprint density at radius 3 is 2.31 bits per heavy atom. The number of hydrogen-bond acceptors (Lipinski definition) is 4. The minimum atomic E-state index is -4.33. The number of aliphatic hydroxyl groups is 1. The van der Waals surface area contributed by atoms with Gasteiger partial charge in [0.15, 0.2) is 17.5 Å². The predicted molar refractivity (Wildman–Crippen MR) is 109 cm³/mol. The molecule has 0 saturated carbocycles. The van der Waals surface area contributed by atoms with Crippen LogP contribution in [0.2, 0.25) is 0 Å². The second-order valence-electron chi connectivity index (χ2n) is 7.96. The molecule has 1 aliphatic heterocycles. The van der Waals surface area contributed by atoms with Crippen LogP contribution in [0.5, 0.6) is 0 Å². The van der Waals surface area contributed by atoms with E-state index in [-0.39, 0.29) is 25.1 Å². The summed E-state index contributed by atoms with van der Waals surface area (Å²) >= 11 is 0. The largest absolute Gasteiger partial charge is 0.390 e. The molecule has 1 atom stereocenters. The molecule has 2 N–H and O–H groups in total. The van der Waals surface area contributed by atoms with E-state index in [4.69, 9.17) is 0 Å². The molecule has 0 radical (unpaired) electrons. The first-order valence-electron chi connectivity index (χ1n) is 9.89. The van der Waals surface area contributed by atoms with E-state index >= 15 is 0 Å². The third-order valence-electron chi connectivity index (χ3n) is 5.33. The summed E-state index contributed by atoms with van der Waals surface area (Å²) in [4.78, 5) is 11.7. The van der Waals surface area contributed by atoms with Crippen LogP contribution in [0.4, 0.5) is 23.2 Å². The average Bonchev–Trinajstić information content (AvgIpc) is 2.69. The summed E-state index contributed by atoms with van der Waals surface area (Å²) in [5.41, 5.74) is -1.73. The minimum Gasteiger partial charge on any atom is -0.390 e. The molecule has 0 aliphatic carbocycles. The molecule has 32 heavy (non-hydrogen) atoms. The molecule has 1 amide bonds. The van der Waals surface area contributed by atoms with Crippen LogP contribution < -0.4 is 5.32 Å². The fourth-order valence-electron chi connectivity index (χ4n) is 3.45. The van der Waals surface area contributed by atoms with Crippen LogP contribution in [-0.4, -0.2) is 42.4 Å². The van der Waals surface area contributed by atoms with Crippen molar-refractivity contribution in [1.29, 1.82) is 0 Å². The highest BCUT2D eigenvalue weighted by atomic mass is 32.2. The van der Waals surface area contributed by atoms with Crippen LogP contribution in [0.25, 0.3) is 0 Å². The zero-order valence-electron chi connectivity index (χ0n) is 17.2. The smallest absolute Gasteiger partial charge is 0.255 e. The fraction of sp³-hybridized carbons (Fsp3) is 0.381. The molecule has 1 fully saturated rings. The van der Waals surface area contributed by atoms with E-state index in [0.29, 0.717) is 31.4 Å². The normalized spacial score (nSPS) is 20.4. The van der Waals surface area contributed by atoms with E-state index < -0.39 is 55.4 Å². The number of nitrogens with zero attached hydrogens (tertiary/aromatic N) is 1. The Morgan fingerprint density at radius 1 is 1.00 bits per heavy atom. The Labute approximate surface area is 182 Å². The van der Waals surface area contributed by atoms with Crippen LogP contribution in [0, 0.1) is 23.3 Å². The van der Waals surface area contributed by atoms with E-state index in [1.54, 1.807) is 6.92 Å². The number of benzene rings is 2. The van der Waals surface area contributed by atoms with Gasteiger partial charge in [0.05, 0.1) is 5.60 Å². The summed E-state index contributed by atoms with van der Waals surface area (Å²) in [5, 5.41) is 12.4. The van der Waals surface area contributed by atoms with Crippen molar-refractivity contribution in [2.75, 3.05) is 18.4 Å². The van der Waals surface area contributed by atoms with Crippen LogP contribution in [0.1, 0.15) is 43.0 Å². The predicted octanol–water partition coefficient (Wildman–Crippen LogP) is 3.81. The van der Waals surface area contributed by atoms with Crippen molar-refractivity contribution in [2.24, 2.45) is 0 Å². The number of anilines is 1. The fourth-order valence-corrected chi connectivity index (χ4v) is 5.02. The molecule has 1 aliphatic rings. The van der Waals surface area contributed by atoms with Crippen molar-refractivity contribution in [3.05, 3.63) is 59.2 Å². The lowest BCUT2D eigenvalue weighted by molar-refractivity contribution is 0.0289. The van der Waals surface area contributed by atoms with E-state index in [0.717, 1.165) is 22.5 Å². The highest BCUT2D eigenvalue weighted by molar-refractivity contribution is 7.89. The Hall–Kier alpha value is -2.50. The Balaban J connectivity index is 1.88. The number of amides is 1. The van der Waals surface area contributed by atoms with Gasteiger partial charge in [-0.3, -0.25) is 4.79 Å². The third kappa shape index (κ3) is 5.28. The summed E-state index contributed by atoms with van der Waals surface area (Å²) in [5.74, 6) is -6.78. The molecule has 11 heteroatoms. The first kappa shape index (κ1) is 24.1. The van der Waals surface area contributed by atoms with E-state index in [2.05, 4.69) is 5.32 Å². The second kappa shape index (κ2) is 9.16. The molecule has 0 spiro atoms. The lowest BCUT2D eigenvalue weighted by atomic mass is 9.94. The molecular weight excluding hydrogens is 452 g/mol. The molecule has 2 aromatic rings.